The highest BCUT2D eigenvalue weighted by molar-refractivity contribution is 6.30. The van der Waals surface area contributed by atoms with E-state index in [1.54, 1.807) is 0 Å². The number of carboxylic acids is 1. The number of hydrogen-bond donors (Lipinski definition) is 1. The van der Waals surface area contributed by atoms with Crippen LogP contribution in [0.1, 0.15) is 10.5 Å². The van der Waals surface area contributed by atoms with Crippen molar-refractivity contribution in [2.45, 2.75) is 0 Å². The third-order valence-corrected chi connectivity index (χ3v) is 2.42. The lowest BCUT2D eigenvalue weighted by Gasteiger charge is -2.05. The van der Waals surface area contributed by atoms with E-state index in [1.165, 1.54) is 36.5 Å². The number of pyridine rings is 1. The van der Waals surface area contributed by atoms with E-state index >= 15 is 0 Å². The number of halogens is 2. The molecule has 0 aliphatic heterocycles. The van der Waals surface area contributed by atoms with Crippen LogP contribution in [-0.2, 0) is 0 Å². The number of carbonyl (C=O) groups is 1. The standard InChI is InChI=1S/C12H7ClFNO2/c13-8-5-10(11(12(16)17)15-6-8)7-1-3-9(14)4-2-7/h1-6H,(H,16,17). The molecule has 2 rings (SSSR count). The summed E-state index contributed by atoms with van der Waals surface area (Å²) in [6.07, 6.45) is 1.26. The van der Waals surface area contributed by atoms with Crippen molar-refractivity contribution in [2.75, 3.05) is 0 Å². The predicted molar refractivity (Wildman–Crippen MR) is 61.6 cm³/mol. The molecule has 2 aromatic rings. The van der Waals surface area contributed by atoms with Crippen LogP contribution in [0.25, 0.3) is 11.1 Å². The van der Waals surface area contributed by atoms with Gasteiger partial charge in [0, 0.05) is 11.8 Å². The molecule has 0 atom stereocenters. The van der Waals surface area contributed by atoms with Gasteiger partial charge in [-0.25, -0.2) is 14.2 Å². The first-order valence-electron chi connectivity index (χ1n) is 4.72. The molecule has 1 N–H and O–H groups in total. The van der Waals surface area contributed by atoms with Gasteiger partial charge >= 0.3 is 5.97 Å². The fourth-order valence-corrected chi connectivity index (χ4v) is 1.62. The van der Waals surface area contributed by atoms with Crippen LogP contribution < -0.4 is 0 Å². The van der Waals surface area contributed by atoms with Crippen molar-refractivity contribution in [1.29, 1.82) is 0 Å². The van der Waals surface area contributed by atoms with Crippen LogP contribution in [0.2, 0.25) is 5.02 Å². The molecule has 17 heavy (non-hydrogen) atoms. The molecule has 0 aliphatic rings. The second-order valence-electron chi connectivity index (χ2n) is 3.36. The minimum absolute atomic E-state index is 0.110. The Labute approximate surface area is 101 Å². The van der Waals surface area contributed by atoms with Gasteiger partial charge in [-0.05, 0) is 23.8 Å². The molecule has 0 radical (unpaired) electrons. The van der Waals surface area contributed by atoms with Crippen molar-refractivity contribution in [1.82, 2.24) is 4.98 Å². The summed E-state index contributed by atoms with van der Waals surface area (Å²) in [6.45, 7) is 0. The highest BCUT2D eigenvalue weighted by Crippen LogP contribution is 2.25. The Morgan fingerprint density at radius 3 is 2.53 bits per heavy atom. The number of hydrogen-bond acceptors (Lipinski definition) is 2. The molecule has 0 saturated heterocycles. The Kier molecular flexibility index (Phi) is 3.06. The Morgan fingerprint density at radius 2 is 1.94 bits per heavy atom. The molecule has 0 aliphatic carbocycles. The quantitative estimate of drug-likeness (QED) is 0.891. The van der Waals surface area contributed by atoms with Crippen LogP contribution in [0, 0.1) is 5.82 Å². The van der Waals surface area contributed by atoms with Crippen molar-refractivity contribution in [3.8, 4) is 11.1 Å². The zero-order valence-electron chi connectivity index (χ0n) is 8.52. The van der Waals surface area contributed by atoms with Gasteiger partial charge in [0.2, 0.25) is 0 Å². The van der Waals surface area contributed by atoms with Crippen LogP contribution in [0.5, 0.6) is 0 Å². The number of rotatable bonds is 2. The Morgan fingerprint density at radius 1 is 1.29 bits per heavy atom. The summed E-state index contributed by atoms with van der Waals surface area (Å²) < 4.78 is 12.8. The Hall–Kier alpha value is -1.94. The zero-order valence-corrected chi connectivity index (χ0v) is 9.28. The van der Waals surface area contributed by atoms with Crippen LogP contribution >= 0.6 is 11.6 Å². The van der Waals surface area contributed by atoms with Crippen LogP contribution in [0.15, 0.2) is 36.5 Å². The number of aromatic carboxylic acids is 1. The van der Waals surface area contributed by atoms with E-state index in [0.29, 0.717) is 16.1 Å². The number of nitrogens with zero attached hydrogens (tertiary/aromatic N) is 1. The van der Waals surface area contributed by atoms with Crippen molar-refractivity contribution >= 4 is 17.6 Å². The van der Waals surface area contributed by atoms with Gasteiger partial charge in [-0.2, -0.15) is 0 Å². The fraction of sp³-hybridized carbons (Fsp3) is 0. The van der Waals surface area contributed by atoms with Crippen LogP contribution in [-0.4, -0.2) is 16.1 Å². The van der Waals surface area contributed by atoms with Crippen molar-refractivity contribution in [2.24, 2.45) is 0 Å². The molecule has 0 bridgehead atoms. The maximum absolute atomic E-state index is 12.8. The molecule has 0 saturated carbocycles. The summed E-state index contributed by atoms with van der Waals surface area (Å²) in [6, 6.07) is 6.96. The van der Waals surface area contributed by atoms with E-state index in [2.05, 4.69) is 4.98 Å². The Bertz CT molecular complexity index is 569. The number of aromatic nitrogens is 1. The summed E-state index contributed by atoms with van der Waals surface area (Å²) >= 11 is 5.77. The topological polar surface area (TPSA) is 50.2 Å². The molecule has 1 aromatic heterocycles. The molecule has 3 nitrogen and oxygen atoms in total. The average molecular weight is 252 g/mol. The minimum Gasteiger partial charge on any atom is -0.476 e. The predicted octanol–water partition coefficient (Wildman–Crippen LogP) is 3.24. The summed E-state index contributed by atoms with van der Waals surface area (Å²) in [5.74, 6) is -1.54. The summed E-state index contributed by atoms with van der Waals surface area (Å²) in [7, 11) is 0. The third kappa shape index (κ3) is 2.42. The second-order valence-corrected chi connectivity index (χ2v) is 3.80. The maximum atomic E-state index is 12.8. The monoisotopic (exact) mass is 251 g/mol. The molecule has 5 heteroatoms. The highest BCUT2D eigenvalue weighted by Gasteiger charge is 2.13. The SMILES string of the molecule is O=C(O)c1ncc(Cl)cc1-c1ccc(F)cc1. The molecule has 1 aromatic carbocycles. The maximum Gasteiger partial charge on any atom is 0.355 e. The molecular weight excluding hydrogens is 245 g/mol. The highest BCUT2D eigenvalue weighted by atomic mass is 35.5. The zero-order chi connectivity index (χ0) is 12.4. The molecular formula is C12H7ClFNO2. The molecule has 1 heterocycles. The van der Waals surface area contributed by atoms with Gasteiger partial charge in [0.1, 0.15) is 5.82 Å². The number of benzene rings is 1. The molecule has 86 valence electrons. The van der Waals surface area contributed by atoms with E-state index < -0.39 is 5.97 Å². The van der Waals surface area contributed by atoms with Gasteiger partial charge in [0.15, 0.2) is 5.69 Å². The second kappa shape index (κ2) is 4.51. The summed E-state index contributed by atoms with van der Waals surface area (Å²) in [5, 5.41) is 9.32. The fourth-order valence-electron chi connectivity index (χ4n) is 1.46. The minimum atomic E-state index is -1.15. The van der Waals surface area contributed by atoms with Gasteiger partial charge in [0.05, 0.1) is 5.02 Å². The van der Waals surface area contributed by atoms with Gasteiger partial charge in [-0.1, -0.05) is 23.7 Å². The van der Waals surface area contributed by atoms with E-state index in [1.807, 2.05) is 0 Å². The summed E-state index contributed by atoms with van der Waals surface area (Å²) in [4.78, 5) is 14.7. The first-order valence-corrected chi connectivity index (χ1v) is 5.10. The van der Waals surface area contributed by atoms with E-state index in [4.69, 9.17) is 16.7 Å². The van der Waals surface area contributed by atoms with Crippen molar-refractivity contribution < 1.29 is 14.3 Å². The first kappa shape index (κ1) is 11.5. The largest absolute Gasteiger partial charge is 0.476 e. The smallest absolute Gasteiger partial charge is 0.355 e. The normalized spacial score (nSPS) is 10.2. The molecule has 0 fully saturated rings. The van der Waals surface area contributed by atoms with Gasteiger partial charge in [-0.15, -0.1) is 0 Å². The van der Waals surface area contributed by atoms with Gasteiger partial charge in [0.25, 0.3) is 0 Å². The average Bonchev–Trinajstić information content (AvgIpc) is 2.29. The molecule has 0 unspecified atom stereocenters. The lowest BCUT2D eigenvalue weighted by atomic mass is 10.0. The molecule has 0 amide bonds. The lowest BCUT2D eigenvalue weighted by molar-refractivity contribution is 0.0691. The van der Waals surface area contributed by atoms with Crippen molar-refractivity contribution in [3.05, 3.63) is 53.1 Å². The van der Waals surface area contributed by atoms with Crippen LogP contribution in [0.4, 0.5) is 4.39 Å². The Balaban J connectivity index is 2.60. The van der Waals surface area contributed by atoms with Gasteiger partial charge < -0.3 is 5.11 Å². The first-order chi connectivity index (χ1) is 8.08. The van der Waals surface area contributed by atoms with Crippen molar-refractivity contribution in [3.63, 3.8) is 0 Å². The summed E-state index contributed by atoms with van der Waals surface area (Å²) in [5.41, 5.74) is 0.810. The molecule has 0 spiro atoms. The number of carboxylic acid groups (broad SMARTS) is 1. The van der Waals surface area contributed by atoms with E-state index in [0.717, 1.165) is 0 Å². The van der Waals surface area contributed by atoms with E-state index in [-0.39, 0.29) is 11.5 Å². The van der Waals surface area contributed by atoms with Crippen LogP contribution in [0.3, 0.4) is 0 Å². The third-order valence-electron chi connectivity index (χ3n) is 2.21. The van der Waals surface area contributed by atoms with Gasteiger partial charge in [-0.3, -0.25) is 0 Å². The lowest BCUT2D eigenvalue weighted by Crippen LogP contribution is -2.02. The van der Waals surface area contributed by atoms with E-state index in [9.17, 15) is 9.18 Å².